The molecule has 0 atom stereocenters. The first kappa shape index (κ1) is 27.5. The van der Waals surface area contributed by atoms with E-state index in [4.69, 9.17) is 0 Å². The summed E-state index contributed by atoms with van der Waals surface area (Å²) in [6.45, 7) is 0. The Labute approximate surface area is 180 Å². The summed E-state index contributed by atoms with van der Waals surface area (Å²) in [6.07, 6.45) is -7.72. The molecule has 0 aliphatic rings. The second kappa shape index (κ2) is 8.46. The number of fused-ring (bicyclic) bond motifs is 1. The Morgan fingerprint density at radius 1 is 0.806 bits per heavy atom. The molecule has 0 saturated heterocycles. The van der Waals surface area contributed by atoms with Crippen LogP contribution in [0.1, 0.15) is 5.56 Å². The summed E-state index contributed by atoms with van der Waals surface area (Å²) in [7, 11) is -5.16. The van der Waals surface area contributed by atoms with Crippen molar-refractivity contribution in [3.63, 3.8) is 0 Å². The molecular formula is C16H9F10LiO3S. The number of alkyl halides is 10. The zero-order chi connectivity index (χ0) is 23.3. The van der Waals surface area contributed by atoms with Crippen LogP contribution in [0.15, 0.2) is 41.3 Å². The molecule has 0 aliphatic heterocycles. The second-order valence-corrected chi connectivity index (χ2v) is 7.52. The molecule has 2 aromatic carbocycles. The van der Waals surface area contributed by atoms with Crippen molar-refractivity contribution in [2.45, 2.75) is 41.4 Å². The summed E-state index contributed by atoms with van der Waals surface area (Å²) in [6, 6.07) is 4.94. The first-order valence-corrected chi connectivity index (χ1v) is 9.04. The van der Waals surface area contributed by atoms with Crippen molar-refractivity contribution in [3.8, 4) is 0 Å². The van der Waals surface area contributed by atoms with Crippen molar-refractivity contribution in [2.75, 3.05) is 0 Å². The summed E-state index contributed by atoms with van der Waals surface area (Å²) in [5.74, 6) is -26.8. The molecule has 168 valence electrons. The van der Waals surface area contributed by atoms with Gasteiger partial charge in [-0.25, -0.2) is 17.2 Å². The predicted molar refractivity (Wildman–Crippen MR) is 81.4 cm³/mol. The van der Waals surface area contributed by atoms with Crippen molar-refractivity contribution in [2.24, 2.45) is 0 Å². The van der Waals surface area contributed by atoms with Crippen LogP contribution in [0.5, 0.6) is 0 Å². The number of hydrogen-bond acceptors (Lipinski definition) is 3. The van der Waals surface area contributed by atoms with Gasteiger partial charge in [-0.1, -0.05) is 30.3 Å². The van der Waals surface area contributed by atoms with Gasteiger partial charge in [-0.3, -0.25) is 0 Å². The molecule has 0 N–H and O–H groups in total. The number of halogens is 10. The van der Waals surface area contributed by atoms with Gasteiger partial charge in [0, 0.05) is 6.42 Å². The maximum Gasteiger partial charge on any atom is 1.00 e. The molecule has 0 radical (unpaired) electrons. The van der Waals surface area contributed by atoms with Crippen LogP contribution in [0.3, 0.4) is 0 Å². The van der Waals surface area contributed by atoms with Crippen molar-refractivity contribution in [1.29, 1.82) is 0 Å². The molecule has 31 heavy (non-hydrogen) atoms. The summed E-state index contributed by atoms with van der Waals surface area (Å²) >= 11 is 0. The molecule has 0 unspecified atom stereocenters. The summed E-state index contributed by atoms with van der Waals surface area (Å²) < 4.78 is 166. The molecule has 0 fully saturated rings. The fourth-order valence-electron chi connectivity index (χ4n) is 2.64. The van der Waals surface area contributed by atoms with Crippen LogP contribution in [0.4, 0.5) is 43.9 Å². The van der Waals surface area contributed by atoms with Gasteiger partial charge in [-0.2, -0.15) is 35.1 Å². The smallest absolute Gasteiger partial charge is 0.744 e. The van der Waals surface area contributed by atoms with E-state index in [1.807, 2.05) is 0 Å². The maximum atomic E-state index is 14.1. The standard InChI is InChI=1S/C16H10F10O3S.Li/c17-12(18)14(21,22)16(25,26)15(23,24)13(19,20)7-8-3-1-5-10-9(8)4-2-6-11(10)30(27,28)29;/h1-6,12H,7H2,(H,27,28,29);/q;+1/p-1. The number of rotatable bonds is 7. The minimum atomic E-state index is -7.13. The van der Waals surface area contributed by atoms with Gasteiger partial charge in [0.1, 0.15) is 10.1 Å². The summed E-state index contributed by atoms with van der Waals surface area (Å²) in [4.78, 5) is -0.938. The topological polar surface area (TPSA) is 57.2 Å². The minimum absolute atomic E-state index is 0. The quantitative estimate of drug-likeness (QED) is 0.348. The zero-order valence-electron chi connectivity index (χ0n) is 15.2. The summed E-state index contributed by atoms with van der Waals surface area (Å²) in [5, 5.41) is -1.07. The monoisotopic (exact) mass is 478 g/mol. The third-order valence-corrected chi connectivity index (χ3v) is 5.10. The van der Waals surface area contributed by atoms with Crippen molar-refractivity contribution in [1.82, 2.24) is 0 Å². The van der Waals surface area contributed by atoms with Crippen LogP contribution in [-0.2, 0) is 16.5 Å². The molecule has 15 heteroatoms. The number of hydrogen-bond donors (Lipinski definition) is 0. The normalized spacial score (nSPS) is 14.1. The number of benzene rings is 2. The molecule has 0 bridgehead atoms. The van der Waals surface area contributed by atoms with Crippen LogP contribution in [0, 0.1) is 0 Å². The van der Waals surface area contributed by atoms with Gasteiger partial charge in [-0.05, 0) is 22.4 Å². The average Bonchev–Trinajstić information content (AvgIpc) is 2.59. The Hall–Kier alpha value is -1.49. The fourth-order valence-corrected chi connectivity index (χ4v) is 3.34. The van der Waals surface area contributed by atoms with Gasteiger partial charge in [0.25, 0.3) is 0 Å². The van der Waals surface area contributed by atoms with Gasteiger partial charge in [0.2, 0.25) is 0 Å². The van der Waals surface area contributed by atoms with Gasteiger partial charge in [0.05, 0.1) is 4.90 Å². The molecule has 0 saturated carbocycles. The SMILES string of the molecule is O=S(=O)([O-])c1cccc2c(CC(F)(F)C(F)(F)C(F)(F)C(F)(F)C(F)F)cccc12.[Li+]. The molecule has 3 nitrogen and oxygen atoms in total. The van der Waals surface area contributed by atoms with Gasteiger partial charge in [0.15, 0.2) is 0 Å². The van der Waals surface area contributed by atoms with E-state index >= 15 is 0 Å². The average molecular weight is 478 g/mol. The molecule has 0 amide bonds. The largest absolute Gasteiger partial charge is 1.00 e. The minimum Gasteiger partial charge on any atom is -0.744 e. The van der Waals surface area contributed by atoms with Crippen molar-refractivity contribution < 1.29 is 75.7 Å². The third kappa shape index (κ3) is 4.53. The van der Waals surface area contributed by atoms with Crippen LogP contribution in [-0.4, -0.2) is 43.1 Å². The Morgan fingerprint density at radius 3 is 1.77 bits per heavy atom. The van der Waals surface area contributed by atoms with Crippen LogP contribution >= 0.6 is 0 Å². The molecular weight excluding hydrogens is 469 g/mol. The maximum absolute atomic E-state index is 14.1. The first-order valence-electron chi connectivity index (χ1n) is 7.64. The Bertz CT molecular complexity index is 1060. The molecule has 0 aromatic heterocycles. The zero-order valence-corrected chi connectivity index (χ0v) is 16.0. The van der Waals surface area contributed by atoms with E-state index in [-0.39, 0.29) is 18.9 Å². The molecule has 2 aromatic rings. The predicted octanol–water partition coefficient (Wildman–Crippen LogP) is 2.10. The van der Waals surface area contributed by atoms with Crippen LogP contribution in [0.2, 0.25) is 0 Å². The van der Waals surface area contributed by atoms with E-state index in [9.17, 15) is 56.9 Å². The first-order chi connectivity index (χ1) is 13.4. The van der Waals surface area contributed by atoms with Crippen LogP contribution < -0.4 is 18.9 Å². The van der Waals surface area contributed by atoms with Crippen molar-refractivity contribution in [3.05, 3.63) is 42.0 Å². The van der Waals surface area contributed by atoms with E-state index in [2.05, 4.69) is 0 Å². The van der Waals surface area contributed by atoms with Crippen LogP contribution in [0.25, 0.3) is 10.8 Å². The Balaban J connectivity index is 0.00000480. The molecule has 0 heterocycles. The fraction of sp³-hybridized carbons (Fsp3) is 0.375. The van der Waals surface area contributed by atoms with Crippen molar-refractivity contribution >= 4 is 20.9 Å². The Morgan fingerprint density at radius 2 is 1.29 bits per heavy atom. The Kier molecular flexibility index (Phi) is 7.51. The van der Waals surface area contributed by atoms with Gasteiger partial charge in [-0.15, -0.1) is 0 Å². The van der Waals surface area contributed by atoms with E-state index in [1.54, 1.807) is 0 Å². The third-order valence-electron chi connectivity index (χ3n) is 4.20. The summed E-state index contributed by atoms with van der Waals surface area (Å²) in [5.41, 5.74) is -0.918. The van der Waals surface area contributed by atoms with E-state index in [0.29, 0.717) is 6.07 Å². The second-order valence-electron chi connectivity index (χ2n) is 6.18. The molecule has 2 rings (SSSR count). The van der Waals surface area contributed by atoms with Gasteiger partial charge < -0.3 is 4.55 Å². The molecule has 0 aliphatic carbocycles. The molecule has 0 spiro atoms. The van der Waals surface area contributed by atoms with E-state index in [1.165, 1.54) is 0 Å². The van der Waals surface area contributed by atoms with Gasteiger partial charge >= 0.3 is 49.0 Å². The van der Waals surface area contributed by atoms with E-state index in [0.717, 1.165) is 30.3 Å². The van der Waals surface area contributed by atoms with E-state index < -0.39 is 67.9 Å².